The van der Waals surface area contributed by atoms with Crippen LogP contribution in [0.2, 0.25) is 0 Å². The van der Waals surface area contributed by atoms with Gasteiger partial charge in [-0.25, -0.2) is 4.39 Å². The standard InChI is InChI=1S/C20H19FN2O3/c1-20(2,15-9-22-16-5-4-13(21)8-14(15)16)10-23-19(24)12-3-6-17-18(7-12)26-11-25-17/h3-9,22H,10-11H2,1-2H3,(H,23,24). The SMILES string of the molecule is CC(C)(CNC(=O)c1ccc2c(c1)OCO2)c1c[nH]c2ccc(F)cc12. The molecule has 2 N–H and O–H groups in total. The minimum Gasteiger partial charge on any atom is -0.454 e. The molecule has 4 rings (SSSR count). The van der Waals surface area contributed by atoms with Crippen molar-refractivity contribution in [1.29, 1.82) is 0 Å². The zero-order chi connectivity index (χ0) is 18.3. The van der Waals surface area contributed by atoms with Crippen molar-refractivity contribution < 1.29 is 18.7 Å². The molecule has 0 bridgehead atoms. The Bertz CT molecular complexity index is 994. The molecule has 5 nitrogen and oxygen atoms in total. The van der Waals surface area contributed by atoms with Crippen LogP contribution in [-0.2, 0) is 5.41 Å². The minimum absolute atomic E-state index is 0.171. The monoisotopic (exact) mass is 354 g/mol. The summed E-state index contributed by atoms with van der Waals surface area (Å²) in [4.78, 5) is 15.7. The van der Waals surface area contributed by atoms with Gasteiger partial charge in [0.25, 0.3) is 5.91 Å². The summed E-state index contributed by atoms with van der Waals surface area (Å²) in [5, 5.41) is 3.78. The molecular weight excluding hydrogens is 335 g/mol. The number of ether oxygens (including phenoxy) is 2. The second-order valence-electron chi connectivity index (χ2n) is 7.03. The smallest absolute Gasteiger partial charge is 0.251 e. The predicted molar refractivity (Wildman–Crippen MR) is 96.2 cm³/mol. The highest BCUT2D eigenvalue weighted by Gasteiger charge is 2.25. The molecule has 0 saturated carbocycles. The molecule has 0 fully saturated rings. The number of amides is 1. The third-order valence-corrected chi connectivity index (χ3v) is 4.70. The molecule has 1 aliphatic rings. The fourth-order valence-electron chi connectivity index (χ4n) is 3.19. The van der Waals surface area contributed by atoms with Gasteiger partial charge < -0.3 is 19.8 Å². The van der Waals surface area contributed by atoms with Crippen LogP contribution in [0.4, 0.5) is 4.39 Å². The summed E-state index contributed by atoms with van der Waals surface area (Å²) in [5.74, 6) is 0.743. The molecule has 26 heavy (non-hydrogen) atoms. The van der Waals surface area contributed by atoms with E-state index in [-0.39, 0.29) is 23.9 Å². The summed E-state index contributed by atoms with van der Waals surface area (Å²) >= 11 is 0. The second-order valence-corrected chi connectivity index (χ2v) is 7.03. The summed E-state index contributed by atoms with van der Waals surface area (Å²) in [6, 6.07) is 9.77. The predicted octanol–water partition coefficient (Wildman–Crippen LogP) is 3.74. The summed E-state index contributed by atoms with van der Waals surface area (Å²) in [6.07, 6.45) is 1.87. The van der Waals surface area contributed by atoms with Crippen molar-refractivity contribution in [2.45, 2.75) is 19.3 Å². The number of aromatic amines is 1. The minimum atomic E-state index is -0.377. The van der Waals surface area contributed by atoms with Crippen LogP contribution >= 0.6 is 0 Å². The molecule has 134 valence electrons. The van der Waals surface area contributed by atoms with E-state index in [4.69, 9.17) is 9.47 Å². The van der Waals surface area contributed by atoms with Crippen molar-refractivity contribution >= 4 is 16.8 Å². The van der Waals surface area contributed by atoms with Crippen LogP contribution < -0.4 is 14.8 Å². The quantitative estimate of drug-likeness (QED) is 0.750. The fraction of sp³-hybridized carbons (Fsp3) is 0.250. The maximum atomic E-state index is 13.6. The van der Waals surface area contributed by atoms with Crippen LogP contribution in [-0.4, -0.2) is 24.2 Å². The van der Waals surface area contributed by atoms with Gasteiger partial charge in [-0.15, -0.1) is 0 Å². The molecule has 0 saturated heterocycles. The van der Waals surface area contributed by atoms with Crippen molar-refractivity contribution in [3.8, 4) is 11.5 Å². The van der Waals surface area contributed by atoms with E-state index in [0.29, 0.717) is 23.6 Å². The van der Waals surface area contributed by atoms with Gasteiger partial charge in [0.05, 0.1) is 0 Å². The van der Waals surface area contributed by atoms with Gasteiger partial charge in [0.2, 0.25) is 6.79 Å². The highest BCUT2D eigenvalue weighted by atomic mass is 19.1. The number of rotatable bonds is 4. The van der Waals surface area contributed by atoms with Gasteiger partial charge in [-0.1, -0.05) is 13.8 Å². The lowest BCUT2D eigenvalue weighted by atomic mass is 9.84. The van der Waals surface area contributed by atoms with E-state index >= 15 is 0 Å². The van der Waals surface area contributed by atoms with Crippen molar-refractivity contribution in [1.82, 2.24) is 10.3 Å². The number of hydrogen-bond acceptors (Lipinski definition) is 3. The van der Waals surface area contributed by atoms with Gasteiger partial charge in [0, 0.05) is 34.6 Å². The third-order valence-electron chi connectivity index (χ3n) is 4.70. The molecule has 0 radical (unpaired) electrons. The van der Waals surface area contributed by atoms with Crippen LogP contribution in [0.25, 0.3) is 10.9 Å². The number of aromatic nitrogens is 1. The zero-order valence-electron chi connectivity index (χ0n) is 14.6. The second kappa shape index (κ2) is 6.05. The maximum Gasteiger partial charge on any atom is 0.251 e. The Hall–Kier alpha value is -3.02. The molecule has 1 aromatic heterocycles. The molecule has 2 aromatic carbocycles. The number of halogens is 1. The molecule has 0 aliphatic carbocycles. The molecule has 2 heterocycles. The first-order valence-electron chi connectivity index (χ1n) is 8.39. The molecule has 0 spiro atoms. The summed E-state index contributed by atoms with van der Waals surface area (Å²) in [7, 11) is 0. The van der Waals surface area contributed by atoms with Gasteiger partial charge in [0.1, 0.15) is 5.82 Å². The van der Waals surface area contributed by atoms with E-state index in [1.807, 2.05) is 20.0 Å². The Kier molecular flexibility index (Phi) is 3.83. The Morgan fingerprint density at radius 2 is 2.00 bits per heavy atom. The average molecular weight is 354 g/mol. The number of H-pyrrole nitrogens is 1. The summed E-state index contributed by atoms with van der Waals surface area (Å²) in [5.41, 5.74) is 1.96. The molecule has 1 aliphatic heterocycles. The molecule has 1 amide bonds. The number of nitrogens with one attached hydrogen (secondary N) is 2. The Balaban J connectivity index is 1.52. The zero-order valence-corrected chi connectivity index (χ0v) is 14.6. The lowest BCUT2D eigenvalue weighted by Crippen LogP contribution is -2.36. The Morgan fingerprint density at radius 3 is 2.85 bits per heavy atom. The topological polar surface area (TPSA) is 63.4 Å². The van der Waals surface area contributed by atoms with Gasteiger partial charge >= 0.3 is 0 Å². The van der Waals surface area contributed by atoms with Gasteiger partial charge in [-0.05, 0) is 42.0 Å². The Morgan fingerprint density at radius 1 is 1.19 bits per heavy atom. The summed E-state index contributed by atoms with van der Waals surface area (Å²) < 4.78 is 24.2. The van der Waals surface area contributed by atoms with Crippen LogP contribution in [0.3, 0.4) is 0 Å². The van der Waals surface area contributed by atoms with Crippen molar-refractivity contribution in [2.24, 2.45) is 0 Å². The van der Waals surface area contributed by atoms with Crippen LogP contribution in [0.1, 0.15) is 29.8 Å². The van der Waals surface area contributed by atoms with E-state index in [2.05, 4.69) is 10.3 Å². The Labute approximate surface area is 150 Å². The molecule has 0 atom stereocenters. The van der Waals surface area contributed by atoms with E-state index in [0.717, 1.165) is 16.5 Å². The van der Waals surface area contributed by atoms with Gasteiger partial charge in [0.15, 0.2) is 11.5 Å². The fourth-order valence-corrected chi connectivity index (χ4v) is 3.19. The lowest BCUT2D eigenvalue weighted by Gasteiger charge is -2.25. The van der Waals surface area contributed by atoms with Crippen molar-refractivity contribution in [3.05, 3.63) is 59.5 Å². The number of fused-ring (bicyclic) bond motifs is 2. The first kappa shape index (κ1) is 16.4. The molecule has 6 heteroatoms. The van der Waals surface area contributed by atoms with E-state index < -0.39 is 0 Å². The lowest BCUT2D eigenvalue weighted by molar-refractivity contribution is 0.0945. The maximum absolute atomic E-state index is 13.6. The molecule has 3 aromatic rings. The highest BCUT2D eigenvalue weighted by Crippen LogP contribution is 2.33. The molecular formula is C20H19FN2O3. The first-order valence-corrected chi connectivity index (χ1v) is 8.39. The van der Waals surface area contributed by atoms with Crippen LogP contribution in [0, 0.1) is 5.82 Å². The van der Waals surface area contributed by atoms with Gasteiger partial charge in [-0.3, -0.25) is 4.79 Å². The number of carbonyl (C=O) groups is 1. The average Bonchev–Trinajstić information content (AvgIpc) is 3.25. The highest BCUT2D eigenvalue weighted by molar-refractivity contribution is 5.95. The number of benzene rings is 2. The van der Waals surface area contributed by atoms with Crippen molar-refractivity contribution in [2.75, 3.05) is 13.3 Å². The van der Waals surface area contributed by atoms with E-state index in [9.17, 15) is 9.18 Å². The third kappa shape index (κ3) is 2.87. The van der Waals surface area contributed by atoms with Crippen LogP contribution in [0.5, 0.6) is 11.5 Å². The normalized spacial score (nSPS) is 13.2. The van der Waals surface area contributed by atoms with E-state index in [1.165, 1.54) is 12.1 Å². The van der Waals surface area contributed by atoms with E-state index in [1.54, 1.807) is 24.3 Å². The van der Waals surface area contributed by atoms with Crippen molar-refractivity contribution in [3.63, 3.8) is 0 Å². The molecule has 0 unspecified atom stereocenters. The van der Waals surface area contributed by atoms with Crippen LogP contribution in [0.15, 0.2) is 42.6 Å². The van der Waals surface area contributed by atoms with Gasteiger partial charge in [-0.2, -0.15) is 0 Å². The summed E-state index contributed by atoms with van der Waals surface area (Å²) in [6.45, 7) is 4.61. The largest absolute Gasteiger partial charge is 0.454 e. The first-order chi connectivity index (χ1) is 12.4. The number of hydrogen-bond donors (Lipinski definition) is 2. The number of carbonyl (C=O) groups excluding carboxylic acids is 1.